The maximum atomic E-state index is 12.4. The van der Waals surface area contributed by atoms with Crippen LogP contribution < -0.4 is 5.32 Å². The smallest absolute Gasteiger partial charge is 0.253 e. The van der Waals surface area contributed by atoms with Crippen molar-refractivity contribution in [3.8, 4) is 5.69 Å². The molecule has 0 bridgehead atoms. The van der Waals surface area contributed by atoms with Gasteiger partial charge in [0, 0.05) is 5.02 Å². The van der Waals surface area contributed by atoms with Crippen molar-refractivity contribution in [1.29, 1.82) is 0 Å². The molecule has 1 amide bonds. The molecule has 9 heteroatoms. The highest BCUT2D eigenvalue weighted by Gasteiger charge is 2.15. The summed E-state index contributed by atoms with van der Waals surface area (Å²) in [6, 6.07) is 11.9. The van der Waals surface area contributed by atoms with Gasteiger partial charge < -0.3 is 5.32 Å². The highest BCUT2D eigenvalue weighted by atomic mass is 35.5. The number of amides is 1. The average Bonchev–Trinajstić information content (AvgIpc) is 2.96. The molecular formula is C16H11Cl3N4OS. The fourth-order valence-corrected chi connectivity index (χ4v) is 3.10. The van der Waals surface area contributed by atoms with Crippen LogP contribution in [0.25, 0.3) is 5.69 Å². The van der Waals surface area contributed by atoms with E-state index >= 15 is 0 Å². The number of H-pyrrole nitrogens is 1. The molecule has 0 fully saturated rings. The molecule has 0 aliphatic heterocycles. The van der Waals surface area contributed by atoms with Gasteiger partial charge in [0.1, 0.15) is 0 Å². The third-order valence-corrected chi connectivity index (χ3v) is 4.57. The maximum absolute atomic E-state index is 12.4. The first-order valence-corrected chi connectivity index (χ1v) is 8.66. The highest BCUT2D eigenvalue weighted by molar-refractivity contribution is 7.71. The number of hydrogen-bond donors (Lipinski definition) is 2. The number of nitrogens with zero attached hydrogens (tertiary/aromatic N) is 2. The second kappa shape index (κ2) is 7.58. The lowest BCUT2D eigenvalue weighted by Crippen LogP contribution is -2.25. The maximum Gasteiger partial charge on any atom is 0.253 e. The minimum atomic E-state index is -0.368. The summed E-state index contributed by atoms with van der Waals surface area (Å²) in [5, 5.41) is 10.9. The van der Waals surface area contributed by atoms with Crippen molar-refractivity contribution < 1.29 is 4.79 Å². The van der Waals surface area contributed by atoms with E-state index < -0.39 is 0 Å². The Kier molecular flexibility index (Phi) is 5.44. The first-order chi connectivity index (χ1) is 12.0. The summed E-state index contributed by atoms with van der Waals surface area (Å²) in [5.41, 5.74) is 0.959. The summed E-state index contributed by atoms with van der Waals surface area (Å²) >= 11 is 23.4. The van der Waals surface area contributed by atoms with E-state index in [2.05, 4.69) is 15.5 Å². The molecule has 0 radical (unpaired) electrons. The van der Waals surface area contributed by atoms with E-state index in [0.29, 0.717) is 31.4 Å². The van der Waals surface area contributed by atoms with Gasteiger partial charge in [-0.1, -0.05) is 46.9 Å². The first-order valence-electron chi connectivity index (χ1n) is 7.12. The average molecular weight is 414 g/mol. The summed E-state index contributed by atoms with van der Waals surface area (Å²) in [4.78, 5) is 12.4. The number of halogens is 3. The van der Waals surface area contributed by atoms with Gasteiger partial charge in [0.25, 0.3) is 5.91 Å². The molecule has 0 aliphatic carbocycles. The fourth-order valence-electron chi connectivity index (χ4n) is 2.26. The van der Waals surface area contributed by atoms with Crippen molar-refractivity contribution in [3.05, 3.63) is 73.7 Å². The van der Waals surface area contributed by atoms with E-state index in [1.807, 2.05) is 18.2 Å². The fraction of sp³-hybridized carbons (Fsp3) is 0.0625. The van der Waals surface area contributed by atoms with E-state index in [1.165, 1.54) is 6.07 Å². The van der Waals surface area contributed by atoms with Crippen LogP contribution in [0.3, 0.4) is 0 Å². The minimum Gasteiger partial charge on any atom is -0.345 e. The number of rotatable bonds is 4. The third kappa shape index (κ3) is 3.88. The zero-order chi connectivity index (χ0) is 18.0. The van der Waals surface area contributed by atoms with Gasteiger partial charge in [-0.05, 0) is 42.5 Å². The normalized spacial score (nSPS) is 10.7. The summed E-state index contributed by atoms with van der Waals surface area (Å²) in [7, 11) is 0. The number of hydrogen-bond acceptors (Lipinski definition) is 3. The van der Waals surface area contributed by atoms with Gasteiger partial charge in [0.15, 0.2) is 10.6 Å². The summed E-state index contributed by atoms with van der Waals surface area (Å²) in [5.74, 6) is 0.136. The standard InChI is InChI=1S/C16H11Cl3N4OS/c17-9-5-6-11(18)10(7-9)15(24)20-8-14-21-22-16(25)23(14)13-4-2-1-3-12(13)19/h1-7H,8H2,(H,20,24)(H,22,25). The largest absolute Gasteiger partial charge is 0.345 e. The molecule has 25 heavy (non-hydrogen) atoms. The van der Waals surface area contributed by atoms with Crippen LogP contribution in [-0.2, 0) is 6.54 Å². The number of carbonyl (C=O) groups is 1. The van der Waals surface area contributed by atoms with Crippen LogP contribution in [0.2, 0.25) is 15.1 Å². The Hall–Kier alpha value is -1.86. The van der Waals surface area contributed by atoms with E-state index in [4.69, 9.17) is 47.0 Å². The van der Waals surface area contributed by atoms with Crippen molar-refractivity contribution in [2.45, 2.75) is 6.54 Å². The Bertz CT molecular complexity index is 999. The number of benzene rings is 2. The quantitative estimate of drug-likeness (QED) is 0.603. The Morgan fingerprint density at radius 3 is 2.68 bits per heavy atom. The second-order valence-electron chi connectivity index (χ2n) is 5.04. The Morgan fingerprint density at radius 1 is 1.16 bits per heavy atom. The highest BCUT2D eigenvalue weighted by Crippen LogP contribution is 2.22. The molecule has 2 aromatic carbocycles. The molecule has 3 rings (SSSR count). The van der Waals surface area contributed by atoms with E-state index in [1.54, 1.807) is 22.8 Å². The van der Waals surface area contributed by atoms with Crippen LogP contribution >= 0.6 is 47.0 Å². The molecule has 128 valence electrons. The number of aromatic amines is 1. The van der Waals surface area contributed by atoms with Crippen LogP contribution in [0.1, 0.15) is 16.2 Å². The monoisotopic (exact) mass is 412 g/mol. The van der Waals surface area contributed by atoms with Gasteiger partial charge in [0.05, 0.1) is 27.8 Å². The van der Waals surface area contributed by atoms with Crippen molar-refractivity contribution in [3.63, 3.8) is 0 Å². The molecule has 3 aromatic rings. The van der Waals surface area contributed by atoms with Crippen LogP contribution in [0.15, 0.2) is 42.5 Å². The van der Waals surface area contributed by atoms with Crippen LogP contribution in [-0.4, -0.2) is 20.7 Å². The number of carbonyl (C=O) groups excluding carboxylic acids is 1. The predicted molar refractivity (Wildman–Crippen MR) is 101 cm³/mol. The van der Waals surface area contributed by atoms with Crippen molar-refractivity contribution in [2.24, 2.45) is 0 Å². The molecule has 2 N–H and O–H groups in total. The first kappa shape index (κ1) is 17.9. The lowest BCUT2D eigenvalue weighted by atomic mass is 10.2. The SMILES string of the molecule is O=C(NCc1n[nH]c(=S)n1-c1ccccc1Cl)c1cc(Cl)ccc1Cl. The molecule has 0 saturated heterocycles. The minimum absolute atomic E-state index is 0.125. The summed E-state index contributed by atoms with van der Waals surface area (Å²) in [6.07, 6.45) is 0. The van der Waals surface area contributed by atoms with Crippen LogP contribution in [0.5, 0.6) is 0 Å². The van der Waals surface area contributed by atoms with Gasteiger partial charge in [-0.25, -0.2) is 0 Å². The van der Waals surface area contributed by atoms with E-state index in [9.17, 15) is 4.79 Å². The van der Waals surface area contributed by atoms with Gasteiger partial charge in [0.2, 0.25) is 0 Å². The molecule has 1 heterocycles. The lowest BCUT2D eigenvalue weighted by molar-refractivity contribution is 0.0950. The number of aromatic nitrogens is 3. The van der Waals surface area contributed by atoms with Crippen LogP contribution in [0, 0.1) is 4.77 Å². The molecule has 0 saturated carbocycles. The molecule has 1 aromatic heterocycles. The van der Waals surface area contributed by atoms with Crippen molar-refractivity contribution in [2.75, 3.05) is 0 Å². The Labute approximate surface area is 163 Å². The predicted octanol–water partition coefficient (Wildman–Crippen LogP) is 4.82. The third-order valence-electron chi connectivity index (χ3n) is 3.42. The molecule has 5 nitrogen and oxygen atoms in total. The Balaban J connectivity index is 1.86. The molecule has 0 aliphatic rings. The molecule has 0 atom stereocenters. The number of nitrogens with one attached hydrogen (secondary N) is 2. The van der Waals surface area contributed by atoms with Crippen molar-refractivity contribution >= 4 is 52.9 Å². The zero-order valence-electron chi connectivity index (χ0n) is 12.6. The second-order valence-corrected chi connectivity index (χ2v) is 6.68. The van der Waals surface area contributed by atoms with E-state index in [0.717, 1.165) is 0 Å². The molecular weight excluding hydrogens is 403 g/mol. The summed E-state index contributed by atoms with van der Waals surface area (Å²) < 4.78 is 2.04. The molecule has 0 spiro atoms. The zero-order valence-corrected chi connectivity index (χ0v) is 15.7. The molecule has 0 unspecified atom stereocenters. The van der Waals surface area contributed by atoms with Gasteiger partial charge in [-0.2, -0.15) is 5.10 Å². The lowest BCUT2D eigenvalue weighted by Gasteiger charge is -2.10. The van der Waals surface area contributed by atoms with Crippen LogP contribution in [0.4, 0.5) is 0 Å². The topological polar surface area (TPSA) is 62.7 Å². The number of para-hydroxylation sites is 1. The van der Waals surface area contributed by atoms with E-state index in [-0.39, 0.29) is 18.0 Å². The van der Waals surface area contributed by atoms with Gasteiger partial charge >= 0.3 is 0 Å². The van der Waals surface area contributed by atoms with Gasteiger partial charge in [-0.15, -0.1) is 0 Å². The Morgan fingerprint density at radius 2 is 1.92 bits per heavy atom. The van der Waals surface area contributed by atoms with Crippen molar-refractivity contribution in [1.82, 2.24) is 20.1 Å². The van der Waals surface area contributed by atoms with Gasteiger partial charge in [-0.3, -0.25) is 14.5 Å². The summed E-state index contributed by atoms with van der Waals surface area (Å²) in [6.45, 7) is 0.125.